The van der Waals surface area contributed by atoms with Crippen molar-refractivity contribution in [3.8, 4) is 5.75 Å². The van der Waals surface area contributed by atoms with Gasteiger partial charge in [-0.1, -0.05) is 23.2 Å². The number of imidazole rings is 1. The van der Waals surface area contributed by atoms with E-state index in [1.54, 1.807) is 12.1 Å². The highest BCUT2D eigenvalue weighted by atomic mass is 35.5. The molecule has 0 saturated carbocycles. The highest BCUT2D eigenvalue weighted by Gasteiger charge is 2.08. The van der Waals surface area contributed by atoms with E-state index in [1.807, 2.05) is 41.9 Å². The summed E-state index contributed by atoms with van der Waals surface area (Å²) in [6, 6.07) is 12.9. The number of fused-ring (bicyclic) bond motifs is 1. The van der Waals surface area contributed by atoms with Gasteiger partial charge in [0.2, 0.25) is 0 Å². The molecule has 0 unspecified atom stereocenters. The first kappa shape index (κ1) is 13.3. The number of aryl methyl sites for hydroxylation is 1. The molecule has 3 aromatic rings. The first-order valence-electron chi connectivity index (χ1n) is 6.13. The van der Waals surface area contributed by atoms with Gasteiger partial charge in [0.05, 0.1) is 11.0 Å². The predicted molar refractivity (Wildman–Crippen MR) is 81.5 cm³/mol. The molecule has 0 spiro atoms. The Labute approximate surface area is 126 Å². The average molecular weight is 307 g/mol. The second kappa shape index (κ2) is 5.35. The fourth-order valence-corrected chi connectivity index (χ4v) is 2.31. The Morgan fingerprint density at radius 3 is 2.50 bits per heavy atom. The zero-order chi connectivity index (χ0) is 14.1. The number of nitrogens with zero attached hydrogens (tertiary/aromatic N) is 2. The van der Waals surface area contributed by atoms with Gasteiger partial charge >= 0.3 is 0 Å². The van der Waals surface area contributed by atoms with Crippen molar-refractivity contribution in [1.82, 2.24) is 9.55 Å². The Bertz CT molecular complexity index is 750. The molecule has 0 aliphatic heterocycles. The molecule has 0 N–H and O–H groups in total. The number of rotatable bonds is 3. The number of aromatic nitrogens is 2. The summed E-state index contributed by atoms with van der Waals surface area (Å²) < 4.78 is 7.70. The lowest BCUT2D eigenvalue weighted by molar-refractivity contribution is 0.292. The quantitative estimate of drug-likeness (QED) is 0.714. The molecule has 3 rings (SSSR count). The van der Waals surface area contributed by atoms with Gasteiger partial charge in [-0.15, -0.1) is 0 Å². The fraction of sp³-hybridized carbons (Fsp3) is 0.133. The van der Waals surface area contributed by atoms with E-state index in [-0.39, 0.29) is 0 Å². The number of benzene rings is 2. The van der Waals surface area contributed by atoms with Crippen molar-refractivity contribution in [2.75, 3.05) is 0 Å². The van der Waals surface area contributed by atoms with Crippen molar-refractivity contribution in [2.45, 2.75) is 6.61 Å². The minimum absolute atomic E-state index is 0.393. The molecule has 1 aromatic heterocycles. The van der Waals surface area contributed by atoms with Gasteiger partial charge in [0.15, 0.2) is 0 Å². The predicted octanol–water partition coefficient (Wildman–Crippen LogP) is 4.46. The zero-order valence-electron chi connectivity index (χ0n) is 10.8. The van der Waals surface area contributed by atoms with Crippen LogP contribution in [0.3, 0.4) is 0 Å². The number of ether oxygens (including phenoxy) is 1. The molecule has 0 aliphatic rings. The lowest BCUT2D eigenvalue weighted by Crippen LogP contribution is -2.03. The first-order chi connectivity index (χ1) is 9.63. The van der Waals surface area contributed by atoms with Gasteiger partial charge in [-0.2, -0.15) is 0 Å². The molecule has 20 heavy (non-hydrogen) atoms. The molecule has 5 heteroatoms. The van der Waals surface area contributed by atoms with Crippen molar-refractivity contribution >= 4 is 34.2 Å². The summed E-state index contributed by atoms with van der Waals surface area (Å²) in [6.07, 6.45) is 0. The van der Waals surface area contributed by atoms with E-state index in [1.165, 1.54) is 0 Å². The van der Waals surface area contributed by atoms with Crippen LogP contribution in [0.5, 0.6) is 5.75 Å². The van der Waals surface area contributed by atoms with Crippen molar-refractivity contribution < 1.29 is 4.74 Å². The monoisotopic (exact) mass is 306 g/mol. The fourth-order valence-electron chi connectivity index (χ4n) is 2.02. The van der Waals surface area contributed by atoms with Gasteiger partial charge in [-0.25, -0.2) is 4.98 Å². The summed E-state index contributed by atoms with van der Waals surface area (Å²) >= 11 is 11.8. The van der Waals surface area contributed by atoms with Gasteiger partial charge < -0.3 is 9.30 Å². The highest BCUT2D eigenvalue weighted by molar-refractivity contribution is 6.31. The van der Waals surface area contributed by atoms with Crippen LogP contribution < -0.4 is 4.74 Å². The van der Waals surface area contributed by atoms with Crippen molar-refractivity contribution in [2.24, 2.45) is 7.05 Å². The molecular formula is C15H12Cl2N2O. The summed E-state index contributed by atoms with van der Waals surface area (Å²) in [4.78, 5) is 4.54. The molecule has 0 amide bonds. The molecule has 0 radical (unpaired) electrons. The molecule has 0 atom stereocenters. The van der Waals surface area contributed by atoms with Crippen LogP contribution >= 0.6 is 23.2 Å². The number of hydrogen-bond acceptors (Lipinski definition) is 2. The Kier molecular flexibility index (Phi) is 3.55. The Morgan fingerprint density at radius 1 is 1.05 bits per heavy atom. The first-order valence-corrected chi connectivity index (χ1v) is 6.88. The summed E-state index contributed by atoms with van der Waals surface area (Å²) in [5.74, 6) is 1.61. The van der Waals surface area contributed by atoms with E-state index < -0.39 is 0 Å². The molecule has 1 heterocycles. The third kappa shape index (κ3) is 2.60. The minimum Gasteiger partial charge on any atom is -0.486 e. The van der Waals surface area contributed by atoms with E-state index >= 15 is 0 Å². The van der Waals surface area contributed by atoms with Gasteiger partial charge in [0.1, 0.15) is 18.2 Å². The molecule has 102 valence electrons. The maximum absolute atomic E-state index is 6.00. The molecule has 0 aliphatic carbocycles. The third-order valence-corrected chi connectivity index (χ3v) is 3.60. The Balaban J connectivity index is 1.84. The summed E-state index contributed by atoms with van der Waals surface area (Å²) in [7, 11) is 1.95. The highest BCUT2D eigenvalue weighted by Crippen LogP contribution is 2.21. The smallest absolute Gasteiger partial charge is 0.147 e. The van der Waals surface area contributed by atoms with Crippen LogP contribution in [0.1, 0.15) is 5.82 Å². The maximum Gasteiger partial charge on any atom is 0.147 e. The second-order valence-corrected chi connectivity index (χ2v) is 5.34. The molecule has 3 nitrogen and oxygen atoms in total. The largest absolute Gasteiger partial charge is 0.486 e. The SMILES string of the molecule is Cn1c(COc2ccc(Cl)cc2)nc2ccc(Cl)cc21. The van der Waals surface area contributed by atoms with Crippen LogP contribution in [0.4, 0.5) is 0 Å². The number of halogens is 2. The van der Waals surface area contributed by atoms with E-state index in [2.05, 4.69) is 4.98 Å². The lowest BCUT2D eigenvalue weighted by atomic mass is 10.3. The Morgan fingerprint density at radius 2 is 1.75 bits per heavy atom. The van der Waals surface area contributed by atoms with Gasteiger partial charge in [-0.05, 0) is 42.5 Å². The van der Waals surface area contributed by atoms with Crippen LogP contribution in [-0.2, 0) is 13.7 Å². The van der Waals surface area contributed by atoms with Gasteiger partial charge in [0.25, 0.3) is 0 Å². The van der Waals surface area contributed by atoms with Crippen molar-refractivity contribution in [3.05, 3.63) is 58.3 Å². The van der Waals surface area contributed by atoms with Crippen LogP contribution in [0, 0.1) is 0 Å². The van der Waals surface area contributed by atoms with E-state index in [4.69, 9.17) is 27.9 Å². The average Bonchev–Trinajstić information content (AvgIpc) is 2.75. The standard InChI is InChI=1S/C15H12Cl2N2O/c1-19-14-8-11(17)4-7-13(14)18-15(19)9-20-12-5-2-10(16)3-6-12/h2-8H,9H2,1H3. The molecule has 0 fully saturated rings. The molecule has 0 bridgehead atoms. The van der Waals surface area contributed by atoms with Crippen LogP contribution in [-0.4, -0.2) is 9.55 Å². The summed E-state index contributed by atoms with van der Waals surface area (Å²) in [5, 5.41) is 1.39. The van der Waals surface area contributed by atoms with Gasteiger partial charge in [0, 0.05) is 17.1 Å². The maximum atomic E-state index is 6.00. The lowest BCUT2D eigenvalue weighted by Gasteiger charge is -2.06. The zero-order valence-corrected chi connectivity index (χ0v) is 12.3. The van der Waals surface area contributed by atoms with Gasteiger partial charge in [-0.3, -0.25) is 0 Å². The number of hydrogen-bond donors (Lipinski definition) is 0. The van der Waals surface area contributed by atoms with Crippen LogP contribution in [0.15, 0.2) is 42.5 Å². The van der Waals surface area contributed by atoms with Crippen LogP contribution in [0.2, 0.25) is 10.0 Å². The topological polar surface area (TPSA) is 27.1 Å². The summed E-state index contributed by atoms with van der Waals surface area (Å²) in [6.45, 7) is 0.393. The molecule has 2 aromatic carbocycles. The normalized spacial score (nSPS) is 10.9. The molecule has 0 saturated heterocycles. The minimum atomic E-state index is 0.393. The van der Waals surface area contributed by atoms with Crippen molar-refractivity contribution in [1.29, 1.82) is 0 Å². The molecular weight excluding hydrogens is 295 g/mol. The van der Waals surface area contributed by atoms with Crippen LogP contribution in [0.25, 0.3) is 11.0 Å². The van der Waals surface area contributed by atoms with E-state index in [9.17, 15) is 0 Å². The summed E-state index contributed by atoms with van der Waals surface area (Å²) in [5.41, 5.74) is 1.90. The third-order valence-electron chi connectivity index (χ3n) is 3.12. The Hall–Kier alpha value is -1.71. The van der Waals surface area contributed by atoms with E-state index in [0.29, 0.717) is 16.7 Å². The van der Waals surface area contributed by atoms with Crippen molar-refractivity contribution in [3.63, 3.8) is 0 Å². The second-order valence-electron chi connectivity index (χ2n) is 4.46. The van der Waals surface area contributed by atoms with E-state index in [0.717, 1.165) is 22.6 Å².